The number of thioether (sulfide) groups is 1. The molecule has 1 aromatic heterocycles. The van der Waals surface area contributed by atoms with E-state index in [9.17, 15) is 0 Å². The number of nitrogens with zero attached hydrogens (tertiary/aromatic N) is 1. The maximum atomic E-state index is 9.13. The van der Waals surface area contributed by atoms with Crippen LogP contribution in [0.15, 0.2) is 18.3 Å². The summed E-state index contributed by atoms with van der Waals surface area (Å²) in [5.74, 6) is 1.24. The van der Waals surface area contributed by atoms with Gasteiger partial charge in [0.05, 0.1) is 0 Å². The first kappa shape index (κ1) is 11.5. The third kappa shape index (κ3) is 2.93. The van der Waals surface area contributed by atoms with E-state index in [2.05, 4.69) is 6.20 Å². The molecule has 1 aliphatic heterocycles. The van der Waals surface area contributed by atoms with Gasteiger partial charge in [-0.25, -0.2) is 0 Å². The van der Waals surface area contributed by atoms with Crippen LogP contribution in [-0.2, 0) is 32.7 Å². The summed E-state index contributed by atoms with van der Waals surface area (Å²) < 4.78 is 1.01. The maximum absolute atomic E-state index is 9.13. The molecule has 4 heteroatoms. The van der Waals surface area contributed by atoms with E-state index < -0.39 is 0 Å². The zero-order valence-electron chi connectivity index (χ0n) is 7.31. The number of hydrogen-bond donors (Lipinski definition) is 1. The fourth-order valence-corrected chi connectivity index (χ4v) is 2.75. The zero-order valence-corrected chi connectivity index (χ0v) is 11.0. The molecule has 2 heterocycles. The number of hydrogen-bond acceptors (Lipinski definition) is 2. The van der Waals surface area contributed by atoms with Crippen molar-refractivity contribution < 1.29 is 42.6 Å². The van der Waals surface area contributed by atoms with Gasteiger partial charge in [-0.05, 0) is 18.6 Å². The van der Waals surface area contributed by atoms with Crippen molar-refractivity contribution in [3.05, 3.63) is 30.1 Å². The van der Waals surface area contributed by atoms with Crippen LogP contribution >= 0.6 is 11.8 Å². The molecule has 0 spiro atoms. The Morgan fingerprint density at radius 2 is 2.46 bits per heavy atom. The van der Waals surface area contributed by atoms with Crippen LogP contribution in [0.1, 0.15) is 23.7 Å². The number of pyridine rings is 1. The molecular weight excluding hydrogens is 259 g/mol. The Morgan fingerprint density at radius 3 is 3.08 bits per heavy atom. The van der Waals surface area contributed by atoms with Gasteiger partial charge < -0.3 is 5.21 Å². The molecule has 1 aliphatic rings. The molecule has 0 amide bonds. The van der Waals surface area contributed by atoms with Crippen LogP contribution < -0.4 is 4.73 Å². The Morgan fingerprint density at radius 1 is 1.62 bits per heavy atom. The molecule has 1 aromatic rings. The standard InChI is InChI=1S/C9H11NOS.Y/c11-10-5-1-3-8(7-10)9-4-2-6-12-9;/h1,3,7,9,11H,2,4,6H2;. The third-order valence-corrected chi connectivity index (χ3v) is 3.49. The molecular formula is C9H11NOSY. The van der Waals surface area contributed by atoms with Crippen molar-refractivity contribution in [3.63, 3.8) is 0 Å². The zero-order chi connectivity index (χ0) is 8.39. The smallest absolute Gasteiger partial charge is 0.169 e. The Hall–Kier alpha value is 0.404. The normalized spacial score (nSPS) is 21.1. The molecule has 1 radical (unpaired) electrons. The quantitative estimate of drug-likeness (QED) is 0.476. The molecule has 0 aromatic carbocycles. The van der Waals surface area contributed by atoms with Crippen LogP contribution in [0.4, 0.5) is 0 Å². The van der Waals surface area contributed by atoms with Crippen LogP contribution in [0.3, 0.4) is 0 Å². The van der Waals surface area contributed by atoms with E-state index >= 15 is 0 Å². The molecule has 1 N–H and O–H groups in total. The molecule has 1 saturated heterocycles. The minimum atomic E-state index is 0. The van der Waals surface area contributed by atoms with E-state index in [4.69, 9.17) is 5.21 Å². The van der Waals surface area contributed by atoms with Crippen molar-refractivity contribution in [1.29, 1.82) is 0 Å². The molecule has 1 fully saturated rings. The molecule has 0 bridgehead atoms. The first-order valence-electron chi connectivity index (χ1n) is 4.10. The summed E-state index contributed by atoms with van der Waals surface area (Å²) in [5, 5.41) is 9.71. The van der Waals surface area contributed by atoms with Gasteiger partial charge in [-0.3, -0.25) is 0 Å². The summed E-state index contributed by atoms with van der Waals surface area (Å²) in [5.41, 5.74) is 1.21. The first-order valence-corrected chi connectivity index (χ1v) is 5.15. The summed E-state index contributed by atoms with van der Waals surface area (Å²) in [6, 6.07) is 3.78. The second-order valence-corrected chi connectivity index (χ2v) is 4.25. The van der Waals surface area contributed by atoms with Gasteiger partial charge in [-0.1, -0.05) is 5.56 Å². The van der Waals surface area contributed by atoms with Crippen LogP contribution in [0.2, 0.25) is 0 Å². The fraction of sp³-hybridized carbons (Fsp3) is 0.444. The van der Waals surface area contributed by atoms with E-state index in [-0.39, 0.29) is 32.7 Å². The van der Waals surface area contributed by atoms with E-state index in [1.54, 1.807) is 12.3 Å². The molecule has 1 unspecified atom stereocenters. The summed E-state index contributed by atoms with van der Waals surface area (Å²) in [7, 11) is 0. The van der Waals surface area contributed by atoms with E-state index in [0.29, 0.717) is 5.25 Å². The van der Waals surface area contributed by atoms with Crippen molar-refractivity contribution in [1.82, 2.24) is 0 Å². The first-order chi connectivity index (χ1) is 5.86. The molecule has 13 heavy (non-hydrogen) atoms. The van der Waals surface area contributed by atoms with Gasteiger partial charge in [-0.15, -0.1) is 10.8 Å². The second-order valence-electron chi connectivity index (χ2n) is 2.94. The monoisotopic (exact) mass is 270 g/mol. The van der Waals surface area contributed by atoms with Crippen molar-refractivity contribution in [2.45, 2.75) is 18.1 Å². The molecule has 2 nitrogen and oxygen atoms in total. The minimum absolute atomic E-state index is 0. The van der Waals surface area contributed by atoms with Gasteiger partial charge in [0.1, 0.15) is 6.20 Å². The maximum Gasteiger partial charge on any atom is 0.169 e. The van der Waals surface area contributed by atoms with Crippen molar-refractivity contribution in [2.75, 3.05) is 5.75 Å². The number of rotatable bonds is 1. The molecule has 0 saturated carbocycles. The summed E-state index contributed by atoms with van der Waals surface area (Å²) >= 11 is 1.97. The molecule has 2 rings (SSSR count). The van der Waals surface area contributed by atoms with E-state index in [1.165, 1.54) is 24.2 Å². The van der Waals surface area contributed by atoms with Gasteiger partial charge in [0.25, 0.3) is 0 Å². The predicted octanol–water partition coefficient (Wildman–Crippen LogP) is 1.58. The van der Waals surface area contributed by atoms with Crippen molar-refractivity contribution in [2.24, 2.45) is 0 Å². The Balaban J connectivity index is 0.000000845. The van der Waals surface area contributed by atoms with Crippen molar-refractivity contribution in [3.8, 4) is 0 Å². The summed E-state index contributed by atoms with van der Waals surface area (Å²) in [4.78, 5) is 0. The van der Waals surface area contributed by atoms with Crippen LogP contribution in [0.25, 0.3) is 0 Å². The minimum Gasteiger partial charge on any atom is -0.309 e. The van der Waals surface area contributed by atoms with Crippen LogP contribution in [0, 0.1) is 6.20 Å². The molecule has 1 atom stereocenters. The van der Waals surface area contributed by atoms with Crippen molar-refractivity contribution >= 4 is 11.8 Å². The Bertz CT molecular complexity index is 276. The average Bonchev–Trinajstić information content (AvgIpc) is 2.56. The SMILES string of the molecule is O[n+]1[c-]ccc(C2CCCS2)c1.[Y]. The van der Waals surface area contributed by atoms with Gasteiger partial charge in [0.2, 0.25) is 0 Å². The van der Waals surface area contributed by atoms with Gasteiger partial charge >= 0.3 is 0 Å². The van der Waals surface area contributed by atoms with Gasteiger partial charge in [0, 0.05) is 38.0 Å². The Kier molecular flexibility index (Phi) is 4.70. The van der Waals surface area contributed by atoms with Gasteiger partial charge in [-0.2, -0.15) is 17.8 Å². The summed E-state index contributed by atoms with van der Waals surface area (Å²) in [6.07, 6.45) is 6.92. The second kappa shape index (κ2) is 5.33. The van der Waals surface area contributed by atoms with Crippen LogP contribution in [0.5, 0.6) is 0 Å². The topological polar surface area (TPSA) is 24.1 Å². The third-order valence-electron chi connectivity index (χ3n) is 2.06. The number of aromatic nitrogens is 1. The summed E-state index contributed by atoms with van der Waals surface area (Å²) in [6.45, 7) is 0. The average molecular weight is 270 g/mol. The van der Waals surface area contributed by atoms with Gasteiger partial charge in [0.15, 0.2) is 6.20 Å². The van der Waals surface area contributed by atoms with Crippen LogP contribution in [-0.4, -0.2) is 11.0 Å². The van der Waals surface area contributed by atoms with E-state index in [0.717, 1.165) is 4.73 Å². The predicted molar refractivity (Wildman–Crippen MR) is 47.1 cm³/mol. The largest absolute Gasteiger partial charge is 0.309 e. The molecule has 67 valence electrons. The van der Waals surface area contributed by atoms with E-state index in [1.807, 2.05) is 17.8 Å². The molecule has 0 aliphatic carbocycles. The Labute approximate surface area is 108 Å². The fourth-order valence-electron chi connectivity index (χ4n) is 1.46.